The molecule has 5 heteroatoms. The summed E-state index contributed by atoms with van der Waals surface area (Å²) in [5.41, 5.74) is 0.789. The number of ether oxygens (including phenoxy) is 2. The standard InChI is InChI=1S/C8H7ClN2O2/c9-6-1-5(3-11-10)2-7-8(6)13-4-12-7/h1-3H,4,10H2/b11-3+. The van der Waals surface area contributed by atoms with Crippen LogP contribution in [0.15, 0.2) is 17.2 Å². The Morgan fingerprint density at radius 1 is 1.46 bits per heavy atom. The van der Waals surface area contributed by atoms with Gasteiger partial charge in [0, 0.05) is 0 Å². The van der Waals surface area contributed by atoms with Crippen molar-refractivity contribution in [1.29, 1.82) is 0 Å². The number of nitrogens with two attached hydrogens (primary N) is 1. The van der Waals surface area contributed by atoms with Crippen LogP contribution in [0.25, 0.3) is 0 Å². The molecule has 0 unspecified atom stereocenters. The summed E-state index contributed by atoms with van der Waals surface area (Å²) in [6.07, 6.45) is 1.49. The maximum atomic E-state index is 5.90. The zero-order valence-electron chi connectivity index (χ0n) is 6.66. The highest BCUT2D eigenvalue weighted by atomic mass is 35.5. The minimum atomic E-state index is 0.207. The van der Waals surface area contributed by atoms with Gasteiger partial charge in [0.25, 0.3) is 0 Å². The number of nitrogens with zero attached hydrogens (tertiary/aromatic N) is 1. The Balaban J connectivity index is 2.49. The van der Waals surface area contributed by atoms with E-state index in [-0.39, 0.29) is 6.79 Å². The average Bonchev–Trinajstić information content (AvgIpc) is 2.53. The van der Waals surface area contributed by atoms with Gasteiger partial charge in [0.1, 0.15) is 0 Å². The molecule has 0 amide bonds. The third kappa shape index (κ3) is 1.40. The van der Waals surface area contributed by atoms with Crippen LogP contribution in [-0.2, 0) is 0 Å². The molecule has 0 aliphatic carbocycles. The van der Waals surface area contributed by atoms with Crippen LogP contribution in [0.2, 0.25) is 5.02 Å². The van der Waals surface area contributed by atoms with Gasteiger partial charge in [-0.05, 0) is 17.7 Å². The quantitative estimate of drug-likeness (QED) is 0.421. The van der Waals surface area contributed by atoms with E-state index in [1.807, 2.05) is 0 Å². The third-order valence-corrected chi connectivity index (χ3v) is 1.95. The molecule has 2 N–H and O–H groups in total. The molecule has 68 valence electrons. The van der Waals surface area contributed by atoms with Crippen molar-refractivity contribution >= 4 is 17.8 Å². The van der Waals surface area contributed by atoms with E-state index < -0.39 is 0 Å². The second kappa shape index (κ2) is 3.14. The predicted octanol–water partition coefficient (Wildman–Crippen LogP) is 1.36. The van der Waals surface area contributed by atoms with Crippen molar-refractivity contribution in [3.05, 3.63) is 22.7 Å². The molecule has 1 aliphatic heterocycles. The summed E-state index contributed by atoms with van der Waals surface area (Å²) in [5, 5.41) is 3.90. The van der Waals surface area contributed by atoms with Gasteiger partial charge in [0.05, 0.1) is 11.2 Å². The zero-order chi connectivity index (χ0) is 9.26. The van der Waals surface area contributed by atoms with Crippen LogP contribution in [-0.4, -0.2) is 13.0 Å². The maximum Gasteiger partial charge on any atom is 0.231 e. The van der Waals surface area contributed by atoms with Gasteiger partial charge in [-0.15, -0.1) is 0 Å². The molecule has 13 heavy (non-hydrogen) atoms. The number of hydrogen-bond acceptors (Lipinski definition) is 4. The van der Waals surface area contributed by atoms with Gasteiger partial charge in [-0.3, -0.25) is 0 Å². The molecule has 0 aromatic heterocycles. The van der Waals surface area contributed by atoms with Gasteiger partial charge in [-0.25, -0.2) is 0 Å². The van der Waals surface area contributed by atoms with E-state index in [9.17, 15) is 0 Å². The van der Waals surface area contributed by atoms with Crippen LogP contribution in [0.4, 0.5) is 0 Å². The summed E-state index contributed by atoms with van der Waals surface area (Å²) < 4.78 is 10.3. The average molecular weight is 199 g/mol. The Morgan fingerprint density at radius 2 is 2.31 bits per heavy atom. The van der Waals surface area contributed by atoms with Crippen molar-refractivity contribution in [2.24, 2.45) is 10.9 Å². The first-order valence-electron chi connectivity index (χ1n) is 3.63. The Kier molecular flexibility index (Phi) is 1.98. The minimum Gasteiger partial charge on any atom is -0.454 e. The van der Waals surface area contributed by atoms with Crippen LogP contribution in [0.1, 0.15) is 5.56 Å². The number of fused-ring (bicyclic) bond motifs is 1. The molecule has 0 radical (unpaired) electrons. The molecular weight excluding hydrogens is 192 g/mol. The van der Waals surface area contributed by atoms with E-state index in [0.29, 0.717) is 16.5 Å². The largest absolute Gasteiger partial charge is 0.454 e. The van der Waals surface area contributed by atoms with E-state index in [1.54, 1.807) is 12.1 Å². The smallest absolute Gasteiger partial charge is 0.231 e. The lowest BCUT2D eigenvalue weighted by molar-refractivity contribution is 0.174. The fraction of sp³-hybridized carbons (Fsp3) is 0.125. The van der Waals surface area contributed by atoms with Crippen LogP contribution in [0.5, 0.6) is 11.5 Å². The van der Waals surface area contributed by atoms with Crippen molar-refractivity contribution in [1.82, 2.24) is 0 Å². The summed E-state index contributed by atoms with van der Waals surface area (Å²) >= 11 is 5.90. The molecule has 0 fully saturated rings. The number of rotatable bonds is 1. The SMILES string of the molecule is N/N=C/c1cc(Cl)c2c(c1)OCO2. The zero-order valence-corrected chi connectivity index (χ0v) is 7.41. The van der Waals surface area contributed by atoms with Gasteiger partial charge in [-0.1, -0.05) is 11.6 Å². The fourth-order valence-corrected chi connectivity index (χ4v) is 1.42. The lowest BCUT2D eigenvalue weighted by Crippen LogP contribution is -1.93. The predicted molar refractivity (Wildman–Crippen MR) is 49.4 cm³/mol. The normalized spacial score (nSPS) is 13.9. The number of halogens is 1. The first-order chi connectivity index (χ1) is 6.31. The molecule has 1 aliphatic rings. The molecule has 0 saturated carbocycles. The van der Waals surface area contributed by atoms with Gasteiger partial charge >= 0.3 is 0 Å². The first kappa shape index (κ1) is 8.19. The van der Waals surface area contributed by atoms with Crippen molar-refractivity contribution in [2.45, 2.75) is 0 Å². The summed E-state index contributed by atoms with van der Waals surface area (Å²) in [6, 6.07) is 3.48. The minimum absolute atomic E-state index is 0.207. The molecule has 4 nitrogen and oxygen atoms in total. The van der Waals surface area contributed by atoms with Crippen molar-refractivity contribution < 1.29 is 9.47 Å². The molecule has 0 spiro atoms. The van der Waals surface area contributed by atoms with E-state index in [0.717, 1.165) is 5.56 Å². The lowest BCUT2D eigenvalue weighted by atomic mass is 10.2. The Hall–Kier alpha value is -1.42. The molecule has 0 atom stereocenters. The lowest BCUT2D eigenvalue weighted by Gasteiger charge is -1.99. The first-order valence-corrected chi connectivity index (χ1v) is 4.01. The van der Waals surface area contributed by atoms with Crippen LogP contribution >= 0.6 is 11.6 Å². The van der Waals surface area contributed by atoms with E-state index in [4.69, 9.17) is 26.9 Å². The Labute approximate surface area is 79.9 Å². The summed E-state index contributed by atoms with van der Waals surface area (Å²) in [7, 11) is 0. The van der Waals surface area contributed by atoms with Gasteiger partial charge in [-0.2, -0.15) is 5.10 Å². The highest BCUT2D eigenvalue weighted by molar-refractivity contribution is 6.32. The summed E-state index contributed by atoms with van der Waals surface area (Å²) in [5.74, 6) is 6.22. The molecular formula is C8H7ClN2O2. The number of benzene rings is 1. The summed E-state index contributed by atoms with van der Waals surface area (Å²) in [4.78, 5) is 0. The molecule has 1 aromatic carbocycles. The van der Waals surface area contributed by atoms with Gasteiger partial charge in [0.2, 0.25) is 6.79 Å². The van der Waals surface area contributed by atoms with Crippen molar-refractivity contribution in [3.8, 4) is 11.5 Å². The van der Waals surface area contributed by atoms with Gasteiger partial charge < -0.3 is 15.3 Å². The Bertz CT molecular complexity index is 365. The summed E-state index contributed by atoms with van der Waals surface area (Å²) in [6.45, 7) is 0.207. The topological polar surface area (TPSA) is 56.8 Å². The maximum absolute atomic E-state index is 5.90. The molecule has 2 rings (SSSR count). The molecule has 1 aromatic rings. The Morgan fingerprint density at radius 3 is 3.08 bits per heavy atom. The van der Waals surface area contributed by atoms with E-state index >= 15 is 0 Å². The van der Waals surface area contributed by atoms with Crippen LogP contribution in [0.3, 0.4) is 0 Å². The van der Waals surface area contributed by atoms with Crippen molar-refractivity contribution in [2.75, 3.05) is 6.79 Å². The number of hydrogen-bond donors (Lipinski definition) is 1. The second-order valence-electron chi connectivity index (χ2n) is 2.51. The fourth-order valence-electron chi connectivity index (χ4n) is 1.15. The highest BCUT2D eigenvalue weighted by Gasteiger charge is 2.17. The van der Waals surface area contributed by atoms with Crippen LogP contribution < -0.4 is 15.3 Å². The number of hydrazone groups is 1. The second-order valence-corrected chi connectivity index (χ2v) is 2.92. The van der Waals surface area contributed by atoms with Gasteiger partial charge in [0.15, 0.2) is 11.5 Å². The molecule has 0 bridgehead atoms. The third-order valence-electron chi connectivity index (χ3n) is 1.67. The molecule has 0 saturated heterocycles. The van der Waals surface area contributed by atoms with E-state index in [2.05, 4.69) is 5.10 Å². The van der Waals surface area contributed by atoms with Crippen molar-refractivity contribution in [3.63, 3.8) is 0 Å². The van der Waals surface area contributed by atoms with Crippen LogP contribution in [0, 0.1) is 0 Å². The monoisotopic (exact) mass is 198 g/mol. The highest BCUT2D eigenvalue weighted by Crippen LogP contribution is 2.39. The van der Waals surface area contributed by atoms with E-state index in [1.165, 1.54) is 6.21 Å². The molecule has 1 heterocycles.